The number of hydrogen-bond acceptors (Lipinski definition) is 7. The molecule has 1 aliphatic rings. The van der Waals surface area contributed by atoms with Crippen LogP contribution in [-0.2, 0) is 16.8 Å². The molecule has 4 rings (SSSR count). The van der Waals surface area contributed by atoms with Crippen LogP contribution in [0.25, 0.3) is 5.69 Å². The fourth-order valence-electron chi connectivity index (χ4n) is 4.81. The number of nitrogens with zero attached hydrogens (tertiary/aromatic N) is 4. The number of benzene rings is 2. The summed E-state index contributed by atoms with van der Waals surface area (Å²) in [5, 5.41) is 17.2. The highest BCUT2D eigenvalue weighted by atomic mass is 16.5. The lowest BCUT2D eigenvalue weighted by Gasteiger charge is -2.35. The van der Waals surface area contributed by atoms with Gasteiger partial charge in [-0.15, -0.1) is 0 Å². The van der Waals surface area contributed by atoms with Crippen LogP contribution in [0.4, 0.5) is 0 Å². The molecule has 3 aromatic rings. The van der Waals surface area contributed by atoms with Gasteiger partial charge in [0, 0.05) is 18.2 Å². The van der Waals surface area contributed by atoms with Crippen molar-refractivity contribution in [3.8, 4) is 17.2 Å². The van der Waals surface area contributed by atoms with Crippen molar-refractivity contribution >= 4 is 11.9 Å². The van der Waals surface area contributed by atoms with E-state index in [1.807, 2.05) is 30.9 Å². The van der Waals surface area contributed by atoms with Gasteiger partial charge in [0.15, 0.2) is 5.69 Å². The Morgan fingerprint density at radius 3 is 2.21 bits per heavy atom. The summed E-state index contributed by atoms with van der Waals surface area (Å²) in [5.74, 6) is 0.184. The lowest BCUT2D eigenvalue weighted by Crippen LogP contribution is -2.45. The molecule has 39 heavy (non-hydrogen) atoms. The summed E-state index contributed by atoms with van der Waals surface area (Å²) in [5.41, 5.74) is 1.66. The van der Waals surface area contributed by atoms with E-state index in [0.29, 0.717) is 48.1 Å². The van der Waals surface area contributed by atoms with Crippen LogP contribution in [0.3, 0.4) is 0 Å². The number of amides is 1. The zero-order valence-corrected chi connectivity index (χ0v) is 23.0. The monoisotopic (exact) mass is 535 g/mol. The number of ether oxygens (including phenoxy) is 2. The zero-order valence-electron chi connectivity index (χ0n) is 23.0. The number of aliphatic carboxylic acids is 1. The SMILES string of the molecule is CCOc1cc(CN(C(=O)c2ccc(C(C)(C)C(=O)O)cc2)C2CCNCC2)cc(OCC)c1-n1cncn1. The van der Waals surface area contributed by atoms with E-state index >= 15 is 0 Å². The molecule has 0 radical (unpaired) electrons. The van der Waals surface area contributed by atoms with Crippen LogP contribution in [0.1, 0.15) is 62.0 Å². The fourth-order valence-corrected chi connectivity index (χ4v) is 4.81. The fraction of sp³-hybridized carbons (Fsp3) is 0.448. The molecule has 0 aliphatic carbocycles. The van der Waals surface area contributed by atoms with E-state index in [1.165, 1.54) is 6.33 Å². The van der Waals surface area contributed by atoms with Crippen LogP contribution in [-0.4, -0.2) is 69.0 Å². The van der Waals surface area contributed by atoms with Gasteiger partial charge in [0.2, 0.25) is 0 Å². The molecule has 0 spiro atoms. The molecule has 0 saturated carbocycles. The first-order chi connectivity index (χ1) is 18.8. The number of hydrogen-bond donors (Lipinski definition) is 2. The van der Waals surface area contributed by atoms with Gasteiger partial charge in [-0.1, -0.05) is 12.1 Å². The molecule has 10 nitrogen and oxygen atoms in total. The van der Waals surface area contributed by atoms with Gasteiger partial charge in [-0.05, 0) is 89.0 Å². The maximum absolute atomic E-state index is 13.9. The Balaban J connectivity index is 1.70. The first kappa shape index (κ1) is 28.1. The van der Waals surface area contributed by atoms with Crippen molar-refractivity contribution in [3.05, 3.63) is 65.7 Å². The molecule has 1 aromatic heterocycles. The average molecular weight is 536 g/mol. The minimum atomic E-state index is -1.05. The molecule has 10 heteroatoms. The van der Waals surface area contributed by atoms with Gasteiger partial charge in [0.1, 0.15) is 24.2 Å². The van der Waals surface area contributed by atoms with Crippen molar-refractivity contribution in [3.63, 3.8) is 0 Å². The molecule has 1 fully saturated rings. The van der Waals surface area contributed by atoms with E-state index in [1.54, 1.807) is 49.1 Å². The van der Waals surface area contributed by atoms with E-state index in [9.17, 15) is 14.7 Å². The van der Waals surface area contributed by atoms with Crippen molar-refractivity contribution in [2.45, 2.75) is 58.5 Å². The van der Waals surface area contributed by atoms with Gasteiger partial charge in [0.05, 0.1) is 18.6 Å². The van der Waals surface area contributed by atoms with Crippen LogP contribution in [0.2, 0.25) is 0 Å². The Hall–Kier alpha value is -3.92. The standard InChI is InChI=1S/C29H37N5O5/c1-5-38-24-15-20(16-25(39-6-2)26(24)34-19-31-18-32-34)17-33(23-11-13-30-14-12-23)27(35)21-7-9-22(10-8-21)29(3,4)28(36)37/h7-10,15-16,18-19,23,30H,5-6,11-14,17H2,1-4H3,(H,36,37). The van der Waals surface area contributed by atoms with Gasteiger partial charge in [-0.2, -0.15) is 5.10 Å². The van der Waals surface area contributed by atoms with E-state index in [-0.39, 0.29) is 11.9 Å². The van der Waals surface area contributed by atoms with Gasteiger partial charge < -0.3 is 24.8 Å². The van der Waals surface area contributed by atoms with Gasteiger partial charge >= 0.3 is 5.97 Å². The second-order valence-electron chi connectivity index (χ2n) is 10.1. The number of carbonyl (C=O) groups excluding carboxylic acids is 1. The third kappa shape index (κ3) is 6.22. The van der Waals surface area contributed by atoms with Crippen LogP contribution in [0.15, 0.2) is 49.1 Å². The largest absolute Gasteiger partial charge is 0.491 e. The summed E-state index contributed by atoms with van der Waals surface area (Å²) in [6.45, 7) is 10.1. The highest BCUT2D eigenvalue weighted by Crippen LogP contribution is 2.35. The molecule has 0 unspecified atom stereocenters. The minimum Gasteiger partial charge on any atom is -0.491 e. The second kappa shape index (κ2) is 12.3. The quantitative estimate of drug-likeness (QED) is 0.380. The first-order valence-corrected chi connectivity index (χ1v) is 13.4. The molecule has 0 bridgehead atoms. The highest BCUT2D eigenvalue weighted by Gasteiger charge is 2.31. The Bertz CT molecular complexity index is 1240. The second-order valence-corrected chi connectivity index (χ2v) is 10.1. The molecule has 2 heterocycles. The summed E-state index contributed by atoms with van der Waals surface area (Å²) in [6, 6.07) is 10.8. The Morgan fingerprint density at radius 2 is 1.69 bits per heavy atom. The summed E-state index contributed by atoms with van der Waals surface area (Å²) >= 11 is 0. The van der Waals surface area contributed by atoms with E-state index in [2.05, 4.69) is 15.4 Å². The van der Waals surface area contributed by atoms with Crippen LogP contribution in [0, 0.1) is 0 Å². The first-order valence-electron chi connectivity index (χ1n) is 13.4. The molecule has 1 aliphatic heterocycles. The number of nitrogens with one attached hydrogen (secondary N) is 1. The number of piperidine rings is 1. The van der Waals surface area contributed by atoms with Crippen LogP contribution in [0.5, 0.6) is 11.5 Å². The molecule has 208 valence electrons. The number of aromatic nitrogens is 3. The third-order valence-corrected chi connectivity index (χ3v) is 7.10. The van der Waals surface area contributed by atoms with E-state index in [0.717, 1.165) is 31.5 Å². The smallest absolute Gasteiger partial charge is 0.313 e. The normalized spacial score (nSPS) is 14.2. The molecule has 1 saturated heterocycles. The molecule has 2 N–H and O–H groups in total. The van der Waals surface area contributed by atoms with Crippen LogP contribution >= 0.6 is 0 Å². The summed E-state index contributed by atoms with van der Waals surface area (Å²) < 4.78 is 13.6. The maximum Gasteiger partial charge on any atom is 0.313 e. The molecule has 0 atom stereocenters. The van der Waals surface area contributed by atoms with Crippen molar-refractivity contribution in [1.29, 1.82) is 0 Å². The van der Waals surface area contributed by atoms with Crippen molar-refractivity contribution in [1.82, 2.24) is 25.0 Å². The average Bonchev–Trinajstić information content (AvgIpc) is 3.47. The van der Waals surface area contributed by atoms with E-state index < -0.39 is 11.4 Å². The van der Waals surface area contributed by atoms with E-state index in [4.69, 9.17) is 9.47 Å². The number of rotatable bonds is 11. The zero-order chi connectivity index (χ0) is 28.0. The molecule has 2 aromatic carbocycles. The van der Waals surface area contributed by atoms with Crippen LogP contribution < -0.4 is 14.8 Å². The molecule has 1 amide bonds. The van der Waals surface area contributed by atoms with Gasteiger partial charge in [-0.25, -0.2) is 9.67 Å². The highest BCUT2D eigenvalue weighted by molar-refractivity contribution is 5.94. The van der Waals surface area contributed by atoms with Gasteiger partial charge in [0.25, 0.3) is 5.91 Å². The summed E-state index contributed by atoms with van der Waals surface area (Å²) in [7, 11) is 0. The number of carbonyl (C=O) groups is 2. The van der Waals surface area contributed by atoms with Gasteiger partial charge in [-0.3, -0.25) is 9.59 Å². The van der Waals surface area contributed by atoms with Crippen molar-refractivity contribution in [2.75, 3.05) is 26.3 Å². The lowest BCUT2D eigenvalue weighted by molar-refractivity contribution is -0.142. The Morgan fingerprint density at radius 1 is 1.08 bits per heavy atom. The predicted molar refractivity (Wildman–Crippen MR) is 147 cm³/mol. The Kier molecular flexibility index (Phi) is 8.86. The summed E-state index contributed by atoms with van der Waals surface area (Å²) in [4.78, 5) is 31.6. The number of carboxylic acids is 1. The third-order valence-electron chi connectivity index (χ3n) is 7.10. The van der Waals surface area contributed by atoms with Crippen molar-refractivity contribution in [2.24, 2.45) is 0 Å². The number of carboxylic acid groups (broad SMARTS) is 1. The van der Waals surface area contributed by atoms with Crippen molar-refractivity contribution < 1.29 is 24.2 Å². The molecular weight excluding hydrogens is 498 g/mol. The maximum atomic E-state index is 13.9. The lowest BCUT2D eigenvalue weighted by atomic mass is 9.84. The minimum absolute atomic E-state index is 0.0509. The summed E-state index contributed by atoms with van der Waals surface area (Å²) in [6.07, 6.45) is 4.73. The predicted octanol–water partition coefficient (Wildman–Crippen LogP) is 3.82. The topological polar surface area (TPSA) is 119 Å². The molecular formula is C29H37N5O5. The Labute approximate surface area is 228 Å².